The van der Waals surface area contributed by atoms with Gasteiger partial charge in [0, 0.05) is 0 Å². The van der Waals surface area contributed by atoms with E-state index in [1.807, 2.05) is 0 Å². The van der Waals surface area contributed by atoms with Gasteiger partial charge in [-0.2, -0.15) is 0 Å². The van der Waals surface area contributed by atoms with Crippen LogP contribution in [0.15, 0.2) is 0 Å². The molecule has 26 valence electrons. The first-order valence-corrected chi connectivity index (χ1v) is 0. The summed E-state index contributed by atoms with van der Waals surface area (Å²) < 4.78 is 0. The molecule has 0 aromatic heterocycles. The number of rotatable bonds is 0. The molecule has 0 radical (unpaired) electrons. The first-order valence-electron chi connectivity index (χ1n) is 0. The molecule has 0 bridgehead atoms. The van der Waals surface area contributed by atoms with Crippen molar-refractivity contribution in [3.63, 3.8) is 0 Å². The van der Waals surface area contributed by atoms with Crippen molar-refractivity contribution in [2.75, 3.05) is 0 Å². The third-order valence-electron chi connectivity index (χ3n) is 0. The van der Waals surface area contributed by atoms with Gasteiger partial charge in [0.05, 0.1) is 0 Å². The van der Waals surface area contributed by atoms with Crippen molar-refractivity contribution in [3.8, 4) is 0 Å². The molecule has 1 nitrogen and oxygen atoms in total. The number of hydrogen-bond donors (Lipinski definition) is 0. The summed E-state index contributed by atoms with van der Waals surface area (Å²) in [6.07, 6.45) is 0. The summed E-state index contributed by atoms with van der Waals surface area (Å²) in [4.78, 5) is 0. The minimum Gasteiger partial charge on any atom is -1.00 e. The Bertz CT molecular complexity index is 13.5. The maximum atomic E-state index is 0. The number of hydrogen-bond acceptors (Lipinski definition) is 0. The van der Waals surface area contributed by atoms with E-state index in [0.29, 0.717) is 0 Å². The molecule has 0 aliphatic heterocycles. The Morgan fingerprint density at radius 2 is 1.00 bits per heavy atom. The predicted molar refractivity (Wildman–Crippen MR) is 12.0 cm³/mol. The fraction of sp³-hybridized carbons (Fsp3) is 0. The number of halogens is 2. The predicted octanol–water partition coefficient (Wildman–Crippen LogP) is -9.28. The van der Waals surface area contributed by atoms with E-state index in [-0.39, 0.29) is 146 Å². The molecule has 0 aliphatic rings. The summed E-state index contributed by atoms with van der Waals surface area (Å²) in [5.41, 5.74) is 0. The molecule has 0 heterocycles. The quantitative estimate of drug-likeness (QED) is 0.306. The molecule has 2 N–H and O–H groups in total. The van der Waals surface area contributed by atoms with Gasteiger partial charge >= 0.3 is 103 Å². The van der Waals surface area contributed by atoms with Gasteiger partial charge in [0.15, 0.2) is 0 Å². The summed E-state index contributed by atoms with van der Waals surface area (Å²) in [6.45, 7) is 0. The van der Waals surface area contributed by atoms with Crippen molar-refractivity contribution in [2.45, 2.75) is 0 Å². The van der Waals surface area contributed by atoms with E-state index in [0.717, 1.165) is 0 Å². The minimum atomic E-state index is 0. The molecule has 5 heteroatoms. The van der Waals surface area contributed by atoms with Gasteiger partial charge in [0.1, 0.15) is 0 Å². The van der Waals surface area contributed by atoms with Crippen LogP contribution < -0.4 is 127 Å². The van der Waals surface area contributed by atoms with Crippen LogP contribution in [0.5, 0.6) is 0 Å². The minimum absolute atomic E-state index is 0. The topological polar surface area (TPSA) is 31.5 Å². The Labute approximate surface area is 141 Å². The zero-order valence-corrected chi connectivity index (χ0v) is 12.5. The average Bonchev–Trinajstić information content (AvgIpc) is 0. The van der Waals surface area contributed by atoms with Gasteiger partial charge in [-0.25, -0.2) is 0 Å². The molecule has 0 fully saturated rings. The second kappa shape index (κ2) is 24.0. The zero-order chi connectivity index (χ0) is 0. The van der Waals surface area contributed by atoms with E-state index < -0.39 is 0 Å². The van der Waals surface area contributed by atoms with Crippen LogP contribution in [0, 0.1) is 0 Å². The summed E-state index contributed by atoms with van der Waals surface area (Å²) in [5.74, 6) is 0. The first kappa shape index (κ1) is 34.8. The van der Waals surface area contributed by atoms with Crippen molar-refractivity contribution in [1.82, 2.24) is 0 Å². The second-order valence-corrected chi connectivity index (χ2v) is 0. The molecule has 0 amide bonds. The largest absolute Gasteiger partial charge is 1.00 e. The van der Waals surface area contributed by atoms with Crippen molar-refractivity contribution >= 4 is 12.4 Å². The summed E-state index contributed by atoms with van der Waals surface area (Å²) >= 11 is 0. The Morgan fingerprint density at radius 1 is 1.00 bits per heavy atom. The molecule has 0 aliphatic carbocycles. The van der Waals surface area contributed by atoms with Crippen LogP contribution in [-0.4, -0.2) is 5.48 Å². The molecule has 0 unspecified atom stereocenters. The van der Waals surface area contributed by atoms with Crippen LogP contribution in [-0.2, 0) is 0 Å². The monoisotopic (exact) mass is 260 g/mol. The van der Waals surface area contributed by atoms with Crippen LogP contribution in [0.4, 0.5) is 0 Å². The van der Waals surface area contributed by atoms with E-state index in [1.165, 1.54) is 0 Å². The second-order valence-electron chi connectivity index (χ2n) is 0. The Morgan fingerprint density at radius 3 is 1.00 bits per heavy atom. The maximum Gasteiger partial charge on any atom is 1.00 e. The van der Waals surface area contributed by atoms with Crippen LogP contribution in [0.3, 0.4) is 0 Å². The van der Waals surface area contributed by atoms with E-state index in [4.69, 9.17) is 0 Å². The third-order valence-corrected chi connectivity index (χ3v) is 0. The fourth-order valence-corrected chi connectivity index (χ4v) is 0. The van der Waals surface area contributed by atoms with Gasteiger partial charge in [-0.3, -0.25) is 0 Å². The molecule has 0 spiro atoms. The Balaban J connectivity index is 0. The van der Waals surface area contributed by atoms with E-state index in [1.54, 1.807) is 0 Å². The fourth-order valence-electron chi connectivity index (χ4n) is 0. The van der Waals surface area contributed by atoms with Crippen molar-refractivity contribution in [2.24, 2.45) is 0 Å². The van der Waals surface area contributed by atoms with Crippen LogP contribution >= 0.6 is 12.4 Å². The van der Waals surface area contributed by atoms with Gasteiger partial charge < -0.3 is 30.9 Å². The molecular formula is H4ClIK2O. The van der Waals surface area contributed by atoms with E-state index in [2.05, 4.69) is 0 Å². The molecule has 0 saturated carbocycles. The van der Waals surface area contributed by atoms with Gasteiger partial charge in [-0.15, -0.1) is 12.4 Å². The average molecular weight is 261 g/mol. The van der Waals surface area contributed by atoms with Crippen LogP contribution in [0.2, 0.25) is 0 Å². The maximum absolute atomic E-state index is 0. The van der Waals surface area contributed by atoms with Gasteiger partial charge in [-0.1, -0.05) is 0 Å². The summed E-state index contributed by atoms with van der Waals surface area (Å²) in [7, 11) is 0. The van der Waals surface area contributed by atoms with Crippen LogP contribution in [0.25, 0.3) is 0 Å². The summed E-state index contributed by atoms with van der Waals surface area (Å²) in [5, 5.41) is 0. The van der Waals surface area contributed by atoms with Gasteiger partial charge in [0.25, 0.3) is 0 Å². The third kappa shape index (κ3) is 17.8. The smallest absolute Gasteiger partial charge is 1.00 e. The van der Waals surface area contributed by atoms with Gasteiger partial charge in [0.2, 0.25) is 0 Å². The molecule has 0 aromatic rings. The summed E-state index contributed by atoms with van der Waals surface area (Å²) in [6, 6.07) is 0. The van der Waals surface area contributed by atoms with Crippen molar-refractivity contribution in [3.05, 3.63) is 0 Å². The molecule has 0 saturated heterocycles. The normalized spacial score (nSPS) is 0. The van der Waals surface area contributed by atoms with E-state index in [9.17, 15) is 0 Å². The SMILES string of the molecule is Cl.O.[H-].[I-].[K+].[K+]. The molecule has 5 heavy (non-hydrogen) atoms. The van der Waals surface area contributed by atoms with Crippen LogP contribution in [0.1, 0.15) is 1.43 Å². The molecular weight excluding hydrogens is 257 g/mol. The van der Waals surface area contributed by atoms with Gasteiger partial charge in [-0.05, 0) is 0 Å². The first-order chi connectivity index (χ1) is 0. The Kier molecular flexibility index (Phi) is 167. The molecule has 0 atom stereocenters. The van der Waals surface area contributed by atoms with Crippen molar-refractivity contribution < 1.29 is 134 Å². The molecule has 0 aromatic carbocycles. The van der Waals surface area contributed by atoms with Crippen molar-refractivity contribution in [1.29, 1.82) is 0 Å². The standard InChI is InChI=1S/ClH.HI.2K.H2O.H/h2*1H;;;1H2;/q;;2*+1;;-1/p-1. The molecule has 0 rings (SSSR count). The van der Waals surface area contributed by atoms with E-state index >= 15 is 0 Å². The Hall–Kier alpha value is 4.25. The zero-order valence-electron chi connectivity index (χ0n) is 4.29.